The van der Waals surface area contributed by atoms with Gasteiger partial charge in [0.1, 0.15) is 0 Å². The monoisotopic (exact) mass is 704 g/mol. The summed E-state index contributed by atoms with van der Waals surface area (Å²) in [6, 6.07) is 70.4. The summed E-state index contributed by atoms with van der Waals surface area (Å²) in [7, 11) is 0. The Hall–Kier alpha value is -6.81. The van der Waals surface area contributed by atoms with Gasteiger partial charge in [-0.1, -0.05) is 146 Å². The number of imidazole rings is 1. The van der Waals surface area contributed by atoms with Crippen molar-refractivity contribution >= 4 is 59.0 Å². The van der Waals surface area contributed by atoms with Crippen LogP contribution in [0.4, 0.5) is 0 Å². The molecule has 0 atom stereocenters. The zero-order valence-corrected chi connectivity index (χ0v) is 30.1. The Morgan fingerprint density at radius 1 is 0.370 bits per heavy atom. The van der Waals surface area contributed by atoms with E-state index in [-0.39, 0.29) is 0 Å². The molecule has 0 N–H and O–H groups in total. The Labute approximate surface area is 316 Å². The molecule has 0 saturated carbocycles. The van der Waals surface area contributed by atoms with Crippen molar-refractivity contribution < 1.29 is 0 Å². The Morgan fingerprint density at radius 2 is 0.852 bits per heavy atom. The van der Waals surface area contributed by atoms with E-state index < -0.39 is 0 Å². The Morgan fingerprint density at radius 3 is 1.46 bits per heavy atom. The largest absolute Gasteiger partial charge is 0.291 e. The van der Waals surface area contributed by atoms with Gasteiger partial charge in [-0.3, -0.25) is 4.40 Å². The van der Waals surface area contributed by atoms with Gasteiger partial charge in [0.05, 0.1) is 21.4 Å². The van der Waals surface area contributed by atoms with E-state index in [1.165, 1.54) is 75.5 Å². The first kappa shape index (κ1) is 30.8. The lowest BCUT2D eigenvalue weighted by molar-refractivity contribution is 1.25. The van der Waals surface area contributed by atoms with Gasteiger partial charge in [0.25, 0.3) is 0 Å². The van der Waals surface area contributed by atoms with Crippen LogP contribution in [0.25, 0.3) is 103 Å². The van der Waals surface area contributed by atoms with Crippen LogP contribution in [-0.4, -0.2) is 9.38 Å². The molecule has 11 aromatic rings. The third-order valence-electron chi connectivity index (χ3n) is 10.8. The van der Waals surface area contributed by atoms with Crippen LogP contribution in [0.3, 0.4) is 0 Å². The second-order valence-electron chi connectivity index (χ2n) is 14.0. The van der Waals surface area contributed by atoms with Gasteiger partial charge in [0.15, 0.2) is 5.65 Å². The van der Waals surface area contributed by atoms with Crippen LogP contribution in [0.1, 0.15) is 0 Å². The first-order valence-electron chi connectivity index (χ1n) is 18.4. The highest BCUT2D eigenvalue weighted by molar-refractivity contribution is 7.26. The molecule has 0 aliphatic heterocycles. The SMILES string of the molecule is c1ccc(-c2cc(-c3ccccc3)cc(-c3ccc(-c4ccc(-c5cc6c7cc8ccccc8cc7sc6c6nc7ccccc7n56)cc4)cc3)c2)cc1. The van der Waals surface area contributed by atoms with Crippen molar-refractivity contribution in [2.24, 2.45) is 0 Å². The molecule has 0 radical (unpaired) electrons. The fourth-order valence-electron chi connectivity index (χ4n) is 8.02. The molecule has 252 valence electrons. The number of rotatable bonds is 5. The van der Waals surface area contributed by atoms with Gasteiger partial charge in [-0.25, -0.2) is 4.98 Å². The van der Waals surface area contributed by atoms with Crippen molar-refractivity contribution in [1.82, 2.24) is 9.38 Å². The zero-order chi connectivity index (χ0) is 35.6. The van der Waals surface area contributed by atoms with Crippen LogP contribution in [0, 0.1) is 0 Å². The van der Waals surface area contributed by atoms with Crippen molar-refractivity contribution in [1.29, 1.82) is 0 Å². The van der Waals surface area contributed by atoms with Crippen molar-refractivity contribution in [3.63, 3.8) is 0 Å². The highest BCUT2D eigenvalue weighted by Crippen LogP contribution is 2.42. The van der Waals surface area contributed by atoms with Crippen LogP contribution in [-0.2, 0) is 0 Å². The average molecular weight is 705 g/mol. The van der Waals surface area contributed by atoms with Gasteiger partial charge in [-0.05, 0) is 109 Å². The van der Waals surface area contributed by atoms with E-state index in [2.05, 4.69) is 199 Å². The molecular weight excluding hydrogens is 673 g/mol. The lowest BCUT2D eigenvalue weighted by Crippen LogP contribution is -1.93. The lowest BCUT2D eigenvalue weighted by atomic mass is 9.92. The minimum Gasteiger partial charge on any atom is -0.291 e. The maximum atomic E-state index is 5.21. The molecule has 0 fully saturated rings. The molecule has 0 bridgehead atoms. The van der Waals surface area contributed by atoms with E-state index in [9.17, 15) is 0 Å². The summed E-state index contributed by atoms with van der Waals surface area (Å²) in [4.78, 5) is 5.21. The van der Waals surface area contributed by atoms with Crippen LogP contribution in [0.5, 0.6) is 0 Å². The van der Waals surface area contributed by atoms with Crippen molar-refractivity contribution in [2.75, 3.05) is 0 Å². The number of nitrogens with zero attached hydrogens (tertiary/aromatic N) is 2. The van der Waals surface area contributed by atoms with Gasteiger partial charge in [-0.15, -0.1) is 11.3 Å². The van der Waals surface area contributed by atoms with Gasteiger partial charge >= 0.3 is 0 Å². The maximum absolute atomic E-state index is 5.21. The van der Waals surface area contributed by atoms with E-state index in [4.69, 9.17) is 4.98 Å². The summed E-state index contributed by atoms with van der Waals surface area (Å²) >= 11 is 1.84. The Kier molecular flexibility index (Phi) is 7.07. The fraction of sp³-hybridized carbons (Fsp3) is 0. The zero-order valence-electron chi connectivity index (χ0n) is 29.3. The molecule has 0 saturated heterocycles. The van der Waals surface area contributed by atoms with Crippen LogP contribution in [0.15, 0.2) is 194 Å². The highest BCUT2D eigenvalue weighted by Gasteiger charge is 2.18. The number of hydrogen-bond donors (Lipinski definition) is 0. The predicted molar refractivity (Wildman–Crippen MR) is 230 cm³/mol. The van der Waals surface area contributed by atoms with E-state index in [0.29, 0.717) is 0 Å². The smallest absolute Gasteiger partial charge is 0.156 e. The first-order chi connectivity index (χ1) is 26.7. The lowest BCUT2D eigenvalue weighted by Gasteiger charge is -2.12. The van der Waals surface area contributed by atoms with Crippen molar-refractivity contribution in [3.05, 3.63) is 194 Å². The molecular formula is C51H32N2S. The van der Waals surface area contributed by atoms with Gasteiger partial charge in [0, 0.05) is 15.5 Å². The minimum atomic E-state index is 1.01. The maximum Gasteiger partial charge on any atom is 0.156 e. The molecule has 0 spiro atoms. The molecule has 8 aromatic carbocycles. The third kappa shape index (κ3) is 5.13. The van der Waals surface area contributed by atoms with E-state index >= 15 is 0 Å². The topological polar surface area (TPSA) is 17.3 Å². The number of benzene rings is 8. The summed E-state index contributed by atoms with van der Waals surface area (Å²) in [6.45, 7) is 0. The molecule has 0 aliphatic rings. The van der Waals surface area contributed by atoms with Crippen molar-refractivity contribution in [2.45, 2.75) is 0 Å². The average Bonchev–Trinajstić information content (AvgIpc) is 3.81. The molecule has 3 heterocycles. The minimum absolute atomic E-state index is 1.01. The van der Waals surface area contributed by atoms with Crippen LogP contribution < -0.4 is 0 Å². The predicted octanol–water partition coefficient (Wildman–Crippen LogP) is 14.3. The number of aromatic nitrogens is 2. The molecule has 0 aliphatic carbocycles. The standard InChI is InChI=1S/C51H32N2S/c1-3-11-33(12-4-1)41-27-42(34-13-5-2-6-14-34)29-43(28-41)37-21-19-35(20-22-37)36-23-25-38(26-24-36)48-32-45-44-30-39-15-7-8-16-40(39)31-49(44)54-50(45)51-52-46-17-9-10-18-47(46)53(48)51/h1-32H. The third-order valence-corrected chi connectivity index (χ3v) is 11.9. The molecule has 0 unspecified atom stereocenters. The Bertz CT molecular complexity index is 3120. The summed E-state index contributed by atoms with van der Waals surface area (Å²) in [5, 5.41) is 5.06. The second-order valence-corrected chi connectivity index (χ2v) is 15.1. The number of hydrogen-bond acceptors (Lipinski definition) is 2. The summed E-state index contributed by atoms with van der Waals surface area (Å²) in [5.41, 5.74) is 15.1. The first-order valence-corrected chi connectivity index (χ1v) is 19.2. The molecule has 2 nitrogen and oxygen atoms in total. The second kappa shape index (κ2) is 12.4. The molecule has 3 aromatic heterocycles. The van der Waals surface area contributed by atoms with Gasteiger partial charge < -0.3 is 0 Å². The highest BCUT2D eigenvalue weighted by atomic mass is 32.1. The normalized spacial score (nSPS) is 11.7. The number of thiophene rings is 1. The van der Waals surface area contributed by atoms with Crippen LogP contribution in [0.2, 0.25) is 0 Å². The number of pyridine rings is 1. The van der Waals surface area contributed by atoms with Gasteiger partial charge in [-0.2, -0.15) is 0 Å². The van der Waals surface area contributed by atoms with Crippen molar-refractivity contribution in [3.8, 4) is 55.8 Å². The quantitative estimate of drug-likeness (QED) is 0.174. The van der Waals surface area contributed by atoms with Gasteiger partial charge in [0.2, 0.25) is 0 Å². The van der Waals surface area contributed by atoms with E-state index in [0.717, 1.165) is 27.9 Å². The van der Waals surface area contributed by atoms with E-state index in [1.807, 2.05) is 11.3 Å². The molecule has 0 amide bonds. The summed E-state index contributed by atoms with van der Waals surface area (Å²) in [5.74, 6) is 0. The fourth-order valence-corrected chi connectivity index (χ4v) is 9.22. The van der Waals surface area contributed by atoms with E-state index in [1.54, 1.807) is 0 Å². The summed E-state index contributed by atoms with van der Waals surface area (Å²) < 4.78 is 4.86. The van der Waals surface area contributed by atoms with Crippen LogP contribution >= 0.6 is 11.3 Å². The molecule has 3 heteroatoms. The summed E-state index contributed by atoms with van der Waals surface area (Å²) in [6.07, 6.45) is 0. The number of para-hydroxylation sites is 2. The Balaban J connectivity index is 0.993. The number of fused-ring (bicyclic) bond motifs is 8. The molecule has 54 heavy (non-hydrogen) atoms. The molecule has 11 rings (SSSR count).